The molecule has 0 aromatic carbocycles. The maximum absolute atomic E-state index is 11.6. The topological polar surface area (TPSA) is 49.4 Å². The first-order valence-corrected chi connectivity index (χ1v) is 9.03. The molecule has 0 aromatic heterocycles. The first kappa shape index (κ1) is 14.3. The molecule has 0 radical (unpaired) electrons. The van der Waals surface area contributed by atoms with Crippen molar-refractivity contribution in [1.29, 1.82) is 0 Å². The predicted octanol–water partition coefficient (Wildman–Crippen LogP) is 1.03. The van der Waals surface area contributed by atoms with Gasteiger partial charge in [-0.05, 0) is 45.7 Å². The summed E-state index contributed by atoms with van der Waals surface area (Å²) in [6, 6.07) is 1.44. The van der Waals surface area contributed by atoms with Gasteiger partial charge in [0.1, 0.15) is 0 Å². The summed E-state index contributed by atoms with van der Waals surface area (Å²) in [6.45, 7) is 6.06. The van der Waals surface area contributed by atoms with Crippen LogP contribution in [0.3, 0.4) is 0 Å². The summed E-state index contributed by atoms with van der Waals surface area (Å²) in [5.74, 6) is 0.519. The molecule has 0 spiro atoms. The van der Waals surface area contributed by atoms with Crippen LogP contribution in [-0.4, -0.2) is 56.0 Å². The highest BCUT2D eigenvalue weighted by Gasteiger charge is 2.32. The molecule has 18 heavy (non-hydrogen) atoms. The van der Waals surface area contributed by atoms with Crippen LogP contribution in [0, 0.1) is 0 Å². The van der Waals surface area contributed by atoms with Crippen LogP contribution >= 0.6 is 0 Å². The van der Waals surface area contributed by atoms with Gasteiger partial charge in [0.25, 0.3) is 0 Å². The van der Waals surface area contributed by atoms with Crippen molar-refractivity contribution in [3.05, 3.63) is 0 Å². The van der Waals surface area contributed by atoms with Gasteiger partial charge in [-0.15, -0.1) is 0 Å². The van der Waals surface area contributed by atoms with Crippen LogP contribution in [0.15, 0.2) is 0 Å². The lowest BCUT2D eigenvalue weighted by Crippen LogP contribution is -2.47. The molecule has 1 N–H and O–H groups in total. The van der Waals surface area contributed by atoms with Crippen molar-refractivity contribution in [3.63, 3.8) is 0 Å². The zero-order valence-electron chi connectivity index (χ0n) is 11.6. The Morgan fingerprint density at radius 3 is 2.33 bits per heavy atom. The Bertz CT molecular complexity index is 357. The van der Waals surface area contributed by atoms with Gasteiger partial charge in [0.2, 0.25) is 0 Å². The minimum absolute atomic E-state index is 0.0763. The van der Waals surface area contributed by atoms with Crippen molar-refractivity contribution in [2.24, 2.45) is 0 Å². The quantitative estimate of drug-likeness (QED) is 0.786. The van der Waals surface area contributed by atoms with E-state index in [-0.39, 0.29) is 17.5 Å². The summed E-state index contributed by atoms with van der Waals surface area (Å²) in [7, 11) is -2.86. The highest BCUT2D eigenvalue weighted by Crippen LogP contribution is 2.29. The van der Waals surface area contributed by atoms with Gasteiger partial charge in [-0.3, -0.25) is 0 Å². The number of piperidine rings is 1. The molecule has 0 aromatic rings. The van der Waals surface area contributed by atoms with E-state index in [4.69, 9.17) is 0 Å². The van der Waals surface area contributed by atoms with E-state index in [1.54, 1.807) is 6.92 Å². The fraction of sp³-hybridized carbons (Fsp3) is 1.00. The van der Waals surface area contributed by atoms with Crippen LogP contribution in [0.2, 0.25) is 0 Å². The Labute approximate surface area is 111 Å². The van der Waals surface area contributed by atoms with Crippen LogP contribution in [0.25, 0.3) is 0 Å². The maximum atomic E-state index is 11.6. The zero-order chi connectivity index (χ0) is 13.2. The molecule has 2 rings (SSSR count). The zero-order valence-corrected chi connectivity index (χ0v) is 12.4. The van der Waals surface area contributed by atoms with Crippen LogP contribution in [0.4, 0.5) is 0 Å². The van der Waals surface area contributed by atoms with Gasteiger partial charge in [0.05, 0.1) is 5.75 Å². The molecule has 0 amide bonds. The lowest BCUT2D eigenvalue weighted by molar-refractivity contribution is 0.185. The second-order valence-corrected chi connectivity index (χ2v) is 8.21. The van der Waals surface area contributed by atoms with E-state index in [2.05, 4.69) is 10.2 Å². The molecule has 1 heterocycles. The van der Waals surface area contributed by atoms with E-state index in [1.807, 2.05) is 6.92 Å². The van der Waals surface area contributed by atoms with Gasteiger partial charge < -0.3 is 10.2 Å². The Balaban J connectivity index is 1.70. The van der Waals surface area contributed by atoms with Crippen molar-refractivity contribution in [3.8, 4) is 0 Å². The minimum atomic E-state index is -2.86. The predicted molar refractivity (Wildman–Crippen MR) is 74.5 cm³/mol. The third kappa shape index (κ3) is 4.21. The van der Waals surface area contributed by atoms with Gasteiger partial charge in [-0.1, -0.05) is 6.92 Å². The second kappa shape index (κ2) is 5.88. The fourth-order valence-electron chi connectivity index (χ4n) is 2.82. The van der Waals surface area contributed by atoms with Crippen molar-refractivity contribution < 1.29 is 8.42 Å². The third-order valence-electron chi connectivity index (χ3n) is 4.06. The van der Waals surface area contributed by atoms with E-state index in [0.717, 1.165) is 18.9 Å². The number of sulfone groups is 1. The molecule has 1 unspecified atom stereocenters. The lowest BCUT2D eigenvalue weighted by Gasteiger charge is -2.34. The monoisotopic (exact) mass is 274 g/mol. The van der Waals surface area contributed by atoms with Gasteiger partial charge in [0.15, 0.2) is 9.84 Å². The molecule has 106 valence electrons. The normalized spacial score (nSPS) is 25.2. The first-order chi connectivity index (χ1) is 8.50. The second-order valence-electron chi connectivity index (χ2n) is 5.81. The number of hydrogen-bond acceptors (Lipinski definition) is 4. The van der Waals surface area contributed by atoms with E-state index in [9.17, 15) is 8.42 Å². The molecule has 0 bridgehead atoms. The molecule has 2 fully saturated rings. The molecule has 1 aliphatic carbocycles. The summed E-state index contributed by atoms with van der Waals surface area (Å²) in [4.78, 5) is 2.59. The van der Waals surface area contributed by atoms with Gasteiger partial charge >= 0.3 is 0 Å². The Morgan fingerprint density at radius 2 is 1.83 bits per heavy atom. The van der Waals surface area contributed by atoms with E-state index in [0.29, 0.717) is 6.04 Å². The summed E-state index contributed by atoms with van der Waals surface area (Å²) in [6.07, 6.45) is 5.08. The van der Waals surface area contributed by atoms with Crippen LogP contribution in [-0.2, 0) is 9.84 Å². The molecule has 1 saturated heterocycles. The van der Waals surface area contributed by atoms with Crippen molar-refractivity contribution in [2.75, 3.05) is 24.6 Å². The Kier molecular flexibility index (Phi) is 4.67. The molecule has 1 saturated carbocycles. The smallest absolute Gasteiger partial charge is 0.151 e. The van der Waals surface area contributed by atoms with E-state index < -0.39 is 9.84 Å². The number of nitrogens with one attached hydrogen (secondary N) is 1. The number of nitrogens with zero attached hydrogens (tertiary/aromatic N) is 1. The van der Waals surface area contributed by atoms with Crippen molar-refractivity contribution in [2.45, 2.75) is 57.7 Å². The fourth-order valence-corrected chi connectivity index (χ4v) is 3.91. The van der Waals surface area contributed by atoms with E-state index >= 15 is 0 Å². The standard InChI is InChI=1S/C13H26N2O2S/c1-3-18(16,17)10-11(2)14-12-6-8-15(9-7-12)13-4-5-13/h11-14H,3-10H2,1-2H3. The minimum Gasteiger partial charge on any atom is -0.310 e. The lowest BCUT2D eigenvalue weighted by atomic mass is 10.0. The maximum Gasteiger partial charge on any atom is 0.151 e. The number of hydrogen-bond donors (Lipinski definition) is 1. The highest BCUT2D eigenvalue weighted by atomic mass is 32.2. The molecule has 5 heteroatoms. The number of rotatable bonds is 6. The number of likely N-dealkylation sites (tertiary alicyclic amines) is 1. The Hall–Kier alpha value is -0.130. The average molecular weight is 274 g/mol. The van der Waals surface area contributed by atoms with Crippen molar-refractivity contribution >= 4 is 9.84 Å². The van der Waals surface area contributed by atoms with Crippen LogP contribution < -0.4 is 5.32 Å². The van der Waals surface area contributed by atoms with Gasteiger partial charge in [-0.2, -0.15) is 0 Å². The average Bonchev–Trinajstić information content (AvgIpc) is 3.13. The Morgan fingerprint density at radius 1 is 1.22 bits per heavy atom. The highest BCUT2D eigenvalue weighted by molar-refractivity contribution is 7.91. The van der Waals surface area contributed by atoms with Crippen LogP contribution in [0.1, 0.15) is 39.5 Å². The molecule has 4 nitrogen and oxygen atoms in total. The largest absolute Gasteiger partial charge is 0.310 e. The van der Waals surface area contributed by atoms with Gasteiger partial charge in [0, 0.05) is 23.9 Å². The van der Waals surface area contributed by atoms with Crippen LogP contribution in [0.5, 0.6) is 0 Å². The summed E-state index contributed by atoms with van der Waals surface area (Å²) in [5.41, 5.74) is 0. The molecule has 2 aliphatic rings. The molecular weight excluding hydrogens is 248 g/mol. The molecule has 1 aliphatic heterocycles. The summed E-state index contributed by atoms with van der Waals surface area (Å²) < 4.78 is 23.1. The molecular formula is C13H26N2O2S. The summed E-state index contributed by atoms with van der Waals surface area (Å²) >= 11 is 0. The molecule has 1 atom stereocenters. The van der Waals surface area contributed by atoms with Crippen molar-refractivity contribution in [1.82, 2.24) is 10.2 Å². The summed E-state index contributed by atoms with van der Waals surface area (Å²) in [5, 5.41) is 3.48. The van der Waals surface area contributed by atoms with Gasteiger partial charge in [-0.25, -0.2) is 8.42 Å². The SMILES string of the molecule is CCS(=O)(=O)CC(C)NC1CCN(C2CC2)CC1. The van der Waals surface area contributed by atoms with E-state index in [1.165, 1.54) is 25.9 Å². The first-order valence-electron chi connectivity index (χ1n) is 7.20. The third-order valence-corrected chi connectivity index (χ3v) is 5.94.